The van der Waals surface area contributed by atoms with Gasteiger partial charge in [0, 0.05) is 5.56 Å². The summed E-state index contributed by atoms with van der Waals surface area (Å²) >= 11 is 1.34. The molecule has 112 valence electrons. The number of aromatic nitrogens is 2. The quantitative estimate of drug-likeness (QED) is 0.784. The highest BCUT2D eigenvalue weighted by Gasteiger charge is 2.12. The first-order valence-electron chi connectivity index (χ1n) is 6.91. The molecule has 22 heavy (non-hydrogen) atoms. The Morgan fingerprint density at radius 3 is 2.59 bits per heavy atom. The van der Waals surface area contributed by atoms with Gasteiger partial charge in [-0.15, -0.1) is 10.2 Å². The minimum Gasteiger partial charge on any atom is -0.472 e. The number of carbonyl (C=O) groups is 1. The van der Waals surface area contributed by atoms with E-state index in [-0.39, 0.29) is 5.91 Å². The summed E-state index contributed by atoms with van der Waals surface area (Å²) in [5.74, 6) is 0.236. The number of hydrogen-bond donors (Lipinski definition) is 1. The molecule has 0 fully saturated rings. The van der Waals surface area contributed by atoms with Gasteiger partial charge in [-0.2, -0.15) is 0 Å². The molecule has 3 rings (SSSR count). The minimum atomic E-state index is -0.258. The van der Waals surface area contributed by atoms with Crippen LogP contribution < -0.4 is 5.32 Å². The van der Waals surface area contributed by atoms with E-state index in [9.17, 15) is 4.79 Å². The third-order valence-electron chi connectivity index (χ3n) is 3.25. The molecule has 2 aromatic heterocycles. The fraction of sp³-hybridized carbons (Fsp3) is 0.188. The highest BCUT2D eigenvalue weighted by atomic mass is 32.1. The number of anilines is 1. The molecule has 0 aliphatic rings. The Hall–Kier alpha value is -2.47. The Bertz CT molecular complexity index is 761. The number of hydrogen-bond acceptors (Lipinski definition) is 5. The van der Waals surface area contributed by atoms with Crippen molar-refractivity contribution in [2.75, 3.05) is 5.32 Å². The smallest absolute Gasteiger partial charge is 0.260 e. The fourth-order valence-corrected chi connectivity index (χ4v) is 2.71. The molecule has 1 N–H and O–H groups in total. The molecule has 6 heteroatoms. The van der Waals surface area contributed by atoms with E-state index in [1.165, 1.54) is 29.4 Å². The lowest BCUT2D eigenvalue weighted by molar-refractivity contribution is 0.102. The van der Waals surface area contributed by atoms with Crippen LogP contribution in [0.15, 0.2) is 47.3 Å². The van der Waals surface area contributed by atoms with Gasteiger partial charge in [-0.05, 0) is 17.5 Å². The minimum absolute atomic E-state index is 0.258. The average molecular weight is 313 g/mol. The monoisotopic (exact) mass is 313 g/mol. The lowest BCUT2D eigenvalue weighted by Crippen LogP contribution is -2.10. The highest BCUT2D eigenvalue weighted by Crippen LogP contribution is 2.28. The van der Waals surface area contributed by atoms with E-state index >= 15 is 0 Å². The van der Waals surface area contributed by atoms with Gasteiger partial charge in [-0.1, -0.05) is 49.4 Å². The number of benzene rings is 1. The standard InChI is InChI=1S/C16H15N3O2S/c1-10(2)11-3-5-12(6-4-11)15-18-19-16(22-15)17-14(20)13-7-8-21-9-13/h3-10H,1-2H3,(H,17,19,20). The van der Waals surface area contributed by atoms with E-state index in [1.807, 2.05) is 12.1 Å². The maximum Gasteiger partial charge on any atom is 0.260 e. The molecule has 2 heterocycles. The highest BCUT2D eigenvalue weighted by molar-refractivity contribution is 7.18. The molecule has 5 nitrogen and oxygen atoms in total. The van der Waals surface area contributed by atoms with E-state index in [4.69, 9.17) is 4.42 Å². The number of amides is 1. The van der Waals surface area contributed by atoms with Crippen LogP contribution in [0.5, 0.6) is 0 Å². The fourth-order valence-electron chi connectivity index (χ4n) is 1.96. The predicted molar refractivity (Wildman–Crippen MR) is 86.1 cm³/mol. The molecule has 0 radical (unpaired) electrons. The summed E-state index contributed by atoms with van der Waals surface area (Å²) in [7, 11) is 0. The van der Waals surface area contributed by atoms with Crippen molar-refractivity contribution >= 4 is 22.4 Å². The predicted octanol–water partition coefficient (Wildman–Crippen LogP) is 4.17. The molecule has 0 saturated heterocycles. The number of rotatable bonds is 4. The van der Waals surface area contributed by atoms with Gasteiger partial charge in [0.05, 0.1) is 11.8 Å². The SMILES string of the molecule is CC(C)c1ccc(-c2nnc(NC(=O)c3ccoc3)s2)cc1. The molecular weight excluding hydrogens is 298 g/mol. The molecular formula is C16H15N3O2S. The second-order valence-electron chi connectivity index (χ2n) is 5.16. The van der Waals surface area contributed by atoms with Crippen LogP contribution in [-0.2, 0) is 0 Å². The summed E-state index contributed by atoms with van der Waals surface area (Å²) in [5.41, 5.74) is 2.73. The molecule has 0 aliphatic heterocycles. The van der Waals surface area contributed by atoms with Gasteiger partial charge in [0.15, 0.2) is 0 Å². The first-order valence-corrected chi connectivity index (χ1v) is 7.72. The van der Waals surface area contributed by atoms with Crippen LogP contribution in [-0.4, -0.2) is 16.1 Å². The van der Waals surface area contributed by atoms with Gasteiger partial charge < -0.3 is 4.42 Å². The first kappa shape index (κ1) is 14.5. The van der Waals surface area contributed by atoms with Crippen LogP contribution >= 0.6 is 11.3 Å². The number of nitrogens with one attached hydrogen (secondary N) is 1. The molecule has 0 atom stereocenters. The summed E-state index contributed by atoms with van der Waals surface area (Å²) < 4.78 is 4.88. The number of carbonyl (C=O) groups excluding carboxylic acids is 1. The normalized spacial score (nSPS) is 10.9. The maximum absolute atomic E-state index is 11.9. The van der Waals surface area contributed by atoms with Crippen molar-refractivity contribution in [3.8, 4) is 10.6 Å². The van der Waals surface area contributed by atoms with Crippen molar-refractivity contribution in [2.45, 2.75) is 19.8 Å². The van der Waals surface area contributed by atoms with E-state index in [0.717, 1.165) is 10.6 Å². The Kier molecular flexibility index (Phi) is 4.02. The summed E-state index contributed by atoms with van der Waals surface area (Å²) in [6.07, 6.45) is 2.85. The molecule has 1 amide bonds. The van der Waals surface area contributed by atoms with Crippen LogP contribution in [0.2, 0.25) is 0 Å². The lowest BCUT2D eigenvalue weighted by Gasteiger charge is -2.04. The van der Waals surface area contributed by atoms with Crippen molar-refractivity contribution in [2.24, 2.45) is 0 Å². The summed E-state index contributed by atoms with van der Waals surface area (Å²) in [6, 6.07) is 9.83. The summed E-state index contributed by atoms with van der Waals surface area (Å²) in [6.45, 7) is 4.31. The van der Waals surface area contributed by atoms with E-state index in [2.05, 4.69) is 41.5 Å². The van der Waals surface area contributed by atoms with Crippen LogP contribution in [0.4, 0.5) is 5.13 Å². The molecule has 3 aromatic rings. The van der Waals surface area contributed by atoms with Crippen molar-refractivity contribution in [3.05, 3.63) is 54.0 Å². The summed E-state index contributed by atoms with van der Waals surface area (Å²) in [4.78, 5) is 11.9. The van der Waals surface area contributed by atoms with E-state index < -0.39 is 0 Å². The van der Waals surface area contributed by atoms with Crippen molar-refractivity contribution in [1.82, 2.24) is 10.2 Å². The van der Waals surface area contributed by atoms with Gasteiger partial charge >= 0.3 is 0 Å². The molecule has 0 aliphatic carbocycles. The molecule has 0 bridgehead atoms. The number of nitrogens with zero attached hydrogens (tertiary/aromatic N) is 2. The molecule has 0 saturated carbocycles. The topological polar surface area (TPSA) is 68.0 Å². The maximum atomic E-state index is 11.9. The third kappa shape index (κ3) is 3.07. The Labute approximate surface area is 132 Å². The van der Waals surface area contributed by atoms with Crippen LogP contribution in [0.25, 0.3) is 10.6 Å². The Morgan fingerprint density at radius 1 is 1.18 bits per heavy atom. The van der Waals surface area contributed by atoms with Crippen LogP contribution in [0.3, 0.4) is 0 Å². The van der Waals surface area contributed by atoms with Gasteiger partial charge in [0.2, 0.25) is 5.13 Å². The first-order chi connectivity index (χ1) is 10.6. The zero-order valence-electron chi connectivity index (χ0n) is 12.2. The number of furan rings is 1. The zero-order chi connectivity index (χ0) is 15.5. The Balaban J connectivity index is 1.74. The zero-order valence-corrected chi connectivity index (χ0v) is 13.1. The lowest BCUT2D eigenvalue weighted by atomic mass is 10.0. The second kappa shape index (κ2) is 6.11. The molecule has 0 spiro atoms. The van der Waals surface area contributed by atoms with Crippen LogP contribution in [0.1, 0.15) is 35.7 Å². The van der Waals surface area contributed by atoms with Gasteiger partial charge in [-0.3, -0.25) is 10.1 Å². The average Bonchev–Trinajstić information content (AvgIpc) is 3.19. The van der Waals surface area contributed by atoms with E-state index in [1.54, 1.807) is 6.07 Å². The Morgan fingerprint density at radius 2 is 1.95 bits per heavy atom. The molecule has 1 aromatic carbocycles. The third-order valence-corrected chi connectivity index (χ3v) is 4.14. The van der Waals surface area contributed by atoms with Crippen molar-refractivity contribution in [3.63, 3.8) is 0 Å². The van der Waals surface area contributed by atoms with Crippen LogP contribution in [0, 0.1) is 0 Å². The van der Waals surface area contributed by atoms with Gasteiger partial charge in [0.25, 0.3) is 5.91 Å². The van der Waals surface area contributed by atoms with Gasteiger partial charge in [-0.25, -0.2) is 0 Å². The van der Waals surface area contributed by atoms with E-state index in [0.29, 0.717) is 16.6 Å². The molecule has 0 unspecified atom stereocenters. The van der Waals surface area contributed by atoms with Gasteiger partial charge in [0.1, 0.15) is 11.3 Å². The summed E-state index contributed by atoms with van der Waals surface area (Å²) in [5, 5.41) is 12.1. The largest absolute Gasteiger partial charge is 0.472 e. The second-order valence-corrected chi connectivity index (χ2v) is 6.13. The van der Waals surface area contributed by atoms with Crippen molar-refractivity contribution < 1.29 is 9.21 Å². The van der Waals surface area contributed by atoms with Crippen molar-refractivity contribution in [1.29, 1.82) is 0 Å².